The van der Waals surface area contributed by atoms with Gasteiger partial charge >= 0.3 is 33.6 Å². The molecule has 0 rings (SSSR count). The first kappa shape index (κ1) is 108. The van der Waals surface area contributed by atoms with Crippen LogP contribution in [0.2, 0.25) is 0 Å². The van der Waals surface area contributed by atoms with Crippen LogP contribution < -0.4 is 0 Å². The zero-order valence-corrected chi connectivity index (χ0v) is 72.5. The Morgan fingerprint density at radius 2 is 0.442 bits per heavy atom. The number of rotatable bonds is 82. The molecule has 0 aliphatic heterocycles. The van der Waals surface area contributed by atoms with E-state index in [1.54, 1.807) is 0 Å². The van der Waals surface area contributed by atoms with Crippen molar-refractivity contribution in [1.29, 1.82) is 0 Å². The van der Waals surface area contributed by atoms with Crippen molar-refractivity contribution in [3.8, 4) is 0 Å². The number of carbonyl (C=O) groups excluding carboxylic acids is 3. The Balaban J connectivity index is 4.56. The van der Waals surface area contributed by atoms with E-state index in [2.05, 4.69) is 203 Å². The second-order valence-electron chi connectivity index (χ2n) is 28.9. The molecule has 644 valence electrons. The van der Waals surface area contributed by atoms with Gasteiger partial charge in [0.25, 0.3) is 0 Å². The third kappa shape index (κ3) is 87.3. The minimum absolute atomic E-state index is 0.0817. The molecule has 4 N–H and O–H groups in total. The van der Waals surface area contributed by atoms with Crippen molar-refractivity contribution in [1.82, 2.24) is 0 Å². The first-order valence-electron chi connectivity index (χ1n) is 44.1. The van der Waals surface area contributed by atoms with Gasteiger partial charge in [0.05, 0.1) is 26.4 Å². The number of carbonyl (C=O) groups is 3. The van der Waals surface area contributed by atoms with Crippen LogP contribution in [0.3, 0.4) is 0 Å². The molecule has 16 nitrogen and oxygen atoms in total. The van der Waals surface area contributed by atoms with E-state index in [0.717, 1.165) is 193 Å². The summed E-state index contributed by atoms with van der Waals surface area (Å²) in [4.78, 5) is 58.9. The first-order chi connectivity index (χ1) is 55.2. The van der Waals surface area contributed by atoms with E-state index < -0.39 is 91.5 Å². The van der Waals surface area contributed by atoms with Crippen LogP contribution in [-0.4, -0.2) is 95.9 Å². The van der Waals surface area contributed by atoms with Crippen molar-refractivity contribution < 1.29 is 75.8 Å². The summed E-state index contributed by atoms with van der Waals surface area (Å²) in [6.07, 6.45) is 112. The monoisotopic (exact) mass is 1620 g/mol. The maximum atomic E-state index is 13.0. The average Bonchev–Trinajstić information content (AvgIpc) is 0.900. The van der Waals surface area contributed by atoms with Crippen LogP contribution in [0, 0.1) is 0 Å². The van der Waals surface area contributed by atoms with Crippen molar-refractivity contribution in [3.63, 3.8) is 0 Å². The molecule has 0 saturated carbocycles. The Morgan fingerprint density at radius 1 is 0.248 bits per heavy atom. The van der Waals surface area contributed by atoms with E-state index in [4.69, 9.17) is 32.3 Å². The zero-order valence-electron chi connectivity index (χ0n) is 70.7. The molecule has 0 saturated heterocycles. The molecule has 0 aromatic rings. The molecule has 0 spiro atoms. The van der Waals surface area contributed by atoms with E-state index in [0.29, 0.717) is 19.3 Å². The summed E-state index contributed by atoms with van der Waals surface area (Å²) >= 11 is 0. The van der Waals surface area contributed by atoms with Gasteiger partial charge in [-0.3, -0.25) is 32.5 Å². The first-order valence-corrected chi connectivity index (χ1v) is 47.1. The van der Waals surface area contributed by atoms with Crippen LogP contribution in [0.5, 0.6) is 0 Å². The number of hydrogen-bond acceptors (Lipinski definition) is 14. The largest absolute Gasteiger partial charge is 0.472 e. The van der Waals surface area contributed by atoms with Crippen LogP contribution in [-0.2, 0) is 55.8 Å². The SMILES string of the molecule is CC/C=C\C/C=C\C/C=C\C/C=C\C/C=C\C/C=C\CCCCCCCCCCCCCCCCC(=O)OCC(O)COP(=O)(O)OCC(O)COP(=O)(O)OCC(COC(=O)CCCCCCCCCCC/C=C\C/C=C\C/C=C\C/C=C\C/C=C\CC)OC(=O)CCCCCCCC/C=C\C/C=C\C/C=C\C/C=C\CC. The van der Waals surface area contributed by atoms with E-state index in [1.165, 1.54) is 89.9 Å². The topological polar surface area (TPSA) is 231 Å². The van der Waals surface area contributed by atoms with Crippen LogP contribution in [0.4, 0.5) is 0 Å². The van der Waals surface area contributed by atoms with Gasteiger partial charge < -0.3 is 34.2 Å². The zero-order chi connectivity index (χ0) is 82.2. The maximum absolute atomic E-state index is 13.0. The van der Waals surface area contributed by atoms with Gasteiger partial charge in [0.15, 0.2) is 6.10 Å². The van der Waals surface area contributed by atoms with Crippen molar-refractivity contribution in [2.45, 2.75) is 360 Å². The minimum Gasteiger partial charge on any atom is -0.463 e. The van der Waals surface area contributed by atoms with Gasteiger partial charge in [-0.05, 0) is 154 Å². The fourth-order valence-corrected chi connectivity index (χ4v) is 13.1. The van der Waals surface area contributed by atoms with E-state index >= 15 is 0 Å². The van der Waals surface area contributed by atoms with Gasteiger partial charge in [0, 0.05) is 19.3 Å². The molecule has 18 heteroatoms. The maximum Gasteiger partial charge on any atom is 0.472 e. The third-order valence-corrected chi connectivity index (χ3v) is 20.0. The number of ether oxygens (including phenoxy) is 3. The van der Waals surface area contributed by atoms with Gasteiger partial charge in [0.2, 0.25) is 0 Å². The summed E-state index contributed by atoms with van der Waals surface area (Å²) in [6.45, 7) is 2.34. The quantitative estimate of drug-likeness (QED) is 0.0146. The molecule has 0 heterocycles. The molecule has 0 aromatic heterocycles. The fraction of sp³-hybridized carbons (Fsp3) is 0.653. The van der Waals surface area contributed by atoms with Gasteiger partial charge in [0.1, 0.15) is 25.4 Å². The number of phosphoric ester groups is 2. The van der Waals surface area contributed by atoms with Crippen LogP contribution >= 0.6 is 15.6 Å². The molecule has 0 aromatic carbocycles. The standard InChI is InChI=1S/C95H158O16P2/c1-4-7-10-13-16-19-22-25-28-31-34-36-38-40-41-42-43-44-45-46-47-49-51-52-55-57-60-63-66-69-72-75-78-81-93(98)105-84-90(96)85-107-112(101,102)108-86-91(97)87-109-113(103,104)110-89-92(111-95(100)83-80-77-74-71-68-65-62-59-54-33-30-27-24-21-18-15-12-9-6-3)88-106-94(99)82-79-76-73-70-67-64-61-58-56-53-50-48-39-37-35-32-29-26-23-20-17-14-11-8-5-2/h7-12,16-21,25-30,34-37,40-41,43-44,48,50,54,59,90-92,96-97H,4-6,13-15,22-24,31-33,38-39,42,45-47,49,51-53,55-58,60-89H2,1-3H3,(H,101,102)(H,103,104)/b10-7-,11-8-,12-9-,19-16-,20-17-,21-18-,28-25-,29-26-,30-27-,36-34-,37-35-,41-40-,44-43-,50-48-,59-54-. The lowest BCUT2D eigenvalue weighted by molar-refractivity contribution is -0.161. The lowest BCUT2D eigenvalue weighted by Gasteiger charge is -2.21. The molecule has 0 bridgehead atoms. The summed E-state index contributed by atoms with van der Waals surface area (Å²) < 4.78 is 61.4. The second-order valence-corrected chi connectivity index (χ2v) is 31.8. The Hall–Kier alpha value is -5.35. The summed E-state index contributed by atoms with van der Waals surface area (Å²) in [6, 6.07) is 0. The summed E-state index contributed by atoms with van der Waals surface area (Å²) in [5.41, 5.74) is 0. The van der Waals surface area contributed by atoms with Crippen LogP contribution in [0.15, 0.2) is 182 Å². The lowest BCUT2D eigenvalue weighted by Crippen LogP contribution is -2.30. The molecule has 5 unspecified atom stereocenters. The lowest BCUT2D eigenvalue weighted by atomic mass is 10.0. The average molecular weight is 1620 g/mol. The molecule has 0 fully saturated rings. The summed E-state index contributed by atoms with van der Waals surface area (Å²) in [5, 5.41) is 20.7. The van der Waals surface area contributed by atoms with Gasteiger partial charge in [-0.25, -0.2) is 9.13 Å². The highest BCUT2D eigenvalue weighted by Crippen LogP contribution is 2.45. The predicted octanol–water partition coefficient (Wildman–Crippen LogP) is 26.9. The normalized spacial score (nSPS) is 14.7. The summed E-state index contributed by atoms with van der Waals surface area (Å²) in [5.74, 6) is -1.60. The second kappa shape index (κ2) is 86.0. The van der Waals surface area contributed by atoms with Crippen molar-refractivity contribution in [2.75, 3.05) is 39.6 Å². The molecule has 5 atom stereocenters. The Kier molecular flexibility index (Phi) is 81.9. The minimum atomic E-state index is -4.95. The predicted molar refractivity (Wildman–Crippen MR) is 472 cm³/mol. The fourth-order valence-electron chi connectivity index (χ4n) is 11.5. The van der Waals surface area contributed by atoms with Gasteiger partial charge in [-0.1, -0.05) is 351 Å². The highest BCUT2D eigenvalue weighted by atomic mass is 31.2. The number of hydrogen-bond donors (Lipinski definition) is 4. The molecule has 0 aliphatic rings. The Morgan fingerprint density at radius 3 is 0.699 bits per heavy atom. The highest BCUT2D eigenvalue weighted by molar-refractivity contribution is 7.47. The number of esters is 3. The van der Waals surface area contributed by atoms with Gasteiger partial charge in [-0.2, -0.15) is 0 Å². The third-order valence-electron chi connectivity index (χ3n) is 18.1. The van der Waals surface area contributed by atoms with Crippen LogP contribution in [0.1, 0.15) is 342 Å². The van der Waals surface area contributed by atoms with Crippen molar-refractivity contribution >= 4 is 33.6 Å². The molecular formula is C95H158O16P2. The van der Waals surface area contributed by atoms with E-state index in [-0.39, 0.29) is 19.3 Å². The summed E-state index contributed by atoms with van der Waals surface area (Å²) in [7, 11) is -9.82. The number of aliphatic hydroxyl groups is 2. The molecule has 0 radical (unpaired) electrons. The Bertz CT molecular complexity index is 2780. The smallest absolute Gasteiger partial charge is 0.463 e. The van der Waals surface area contributed by atoms with E-state index in [1.807, 2.05) is 0 Å². The number of aliphatic hydroxyl groups excluding tert-OH is 2. The molecule has 0 amide bonds. The number of unbranched alkanes of at least 4 members (excludes halogenated alkanes) is 29. The molecule has 0 aliphatic carbocycles. The Labute approximate surface area is 687 Å². The highest BCUT2D eigenvalue weighted by Gasteiger charge is 2.29. The van der Waals surface area contributed by atoms with Gasteiger partial charge in [-0.15, -0.1) is 0 Å². The van der Waals surface area contributed by atoms with Crippen molar-refractivity contribution in [3.05, 3.63) is 182 Å². The van der Waals surface area contributed by atoms with E-state index in [9.17, 15) is 43.5 Å². The molecular weight excluding hydrogens is 1460 g/mol. The molecule has 113 heavy (non-hydrogen) atoms. The number of allylic oxidation sites excluding steroid dienone is 30. The van der Waals surface area contributed by atoms with Crippen molar-refractivity contribution in [2.24, 2.45) is 0 Å². The van der Waals surface area contributed by atoms with Crippen LogP contribution in [0.25, 0.3) is 0 Å². The number of phosphoric acid groups is 2.